The van der Waals surface area contributed by atoms with Gasteiger partial charge in [0.25, 0.3) is 5.69 Å². The zero-order chi connectivity index (χ0) is 17.2. The monoisotopic (exact) mass is 342 g/mol. The Morgan fingerprint density at radius 1 is 1.20 bits per heavy atom. The molecule has 1 aromatic heterocycles. The molecule has 7 nitrogen and oxygen atoms in total. The first kappa shape index (κ1) is 16.2. The highest BCUT2D eigenvalue weighted by molar-refractivity contribution is 5.99. The second-order valence-electron chi connectivity index (χ2n) is 6.68. The molecule has 2 aliphatic heterocycles. The summed E-state index contributed by atoms with van der Waals surface area (Å²) in [6.45, 7) is 5.58. The molecule has 2 saturated heterocycles. The van der Waals surface area contributed by atoms with Crippen molar-refractivity contribution >= 4 is 22.1 Å². The van der Waals surface area contributed by atoms with Crippen molar-refractivity contribution in [1.82, 2.24) is 9.88 Å². The second kappa shape index (κ2) is 6.93. The van der Waals surface area contributed by atoms with Gasteiger partial charge in [-0.15, -0.1) is 0 Å². The molecule has 2 aromatic rings. The lowest BCUT2D eigenvalue weighted by Crippen LogP contribution is -2.45. The van der Waals surface area contributed by atoms with E-state index < -0.39 is 0 Å². The summed E-state index contributed by atoms with van der Waals surface area (Å²) in [7, 11) is 0. The van der Waals surface area contributed by atoms with Gasteiger partial charge in [0.05, 0.1) is 23.5 Å². The lowest BCUT2D eigenvalue weighted by atomic mass is 10.1. The van der Waals surface area contributed by atoms with E-state index in [0.29, 0.717) is 11.4 Å². The molecule has 1 atom stereocenters. The molecule has 2 fully saturated rings. The Morgan fingerprint density at radius 3 is 2.84 bits per heavy atom. The first-order valence-electron chi connectivity index (χ1n) is 8.82. The number of nitro benzene ring substituents is 1. The van der Waals surface area contributed by atoms with Crippen LogP contribution in [0.3, 0.4) is 0 Å². The highest BCUT2D eigenvalue weighted by atomic mass is 16.6. The first-order valence-corrected chi connectivity index (χ1v) is 8.82. The minimum absolute atomic E-state index is 0.121. The maximum atomic E-state index is 11.3. The number of non-ortho nitro benzene ring substituents is 1. The van der Waals surface area contributed by atoms with Gasteiger partial charge in [-0.1, -0.05) is 0 Å². The number of hydrogen-bond acceptors (Lipinski definition) is 6. The Hall–Kier alpha value is -2.25. The number of benzene rings is 1. The number of anilines is 1. The first-order chi connectivity index (χ1) is 12.2. The average molecular weight is 342 g/mol. The van der Waals surface area contributed by atoms with E-state index in [-0.39, 0.29) is 10.6 Å². The molecule has 7 heteroatoms. The van der Waals surface area contributed by atoms with Crippen LogP contribution in [0.4, 0.5) is 11.4 Å². The fraction of sp³-hybridized carbons (Fsp3) is 0.500. The van der Waals surface area contributed by atoms with Crippen molar-refractivity contribution in [1.29, 1.82) is 0 Å². The predicted molar refractivity (Wildman–Crippen MR) is 96.0 cm³/mol. The van der Waals surface area contributed by atoms with Crippen LogP contribution in [0.1, 0.15) is 12.8 Å². The minimum atomic E-state index is -0.330. The molecule has 1 aromatic carbocycles. The van der Waals surface area contributed by atoms with E-state index in [1.807, 2.05) is 12.1 Å². The van der Waals surface area contributed by atoms with Gasteiger partial charge in [0.1, 0.15) is 0 Å². The van der Waals surface area contributed by atoms with Gasteiger partial charge in [-0.05, 0) is 25.0 Å². The standard InChI is InChI=1S/C18H22N4O3/c23-22(24)18-4-3-17(15-5-6-19-12-16(15)18)21-7-1-2-14(21)13-20-8-10-25-11-9-20/h3-6,12,14H,1-2,7-11,13H2/t14-/m0/s1. The van der Waals surface area contributed by atoms with Crippen LogP contribution in [0, 0.1) is 10.1 Å². The Balaban J connectivity index is 1.66. The molecule has 132 valence electrons. The van der Waals surface area contributed by atoms with Gasteiger partial charge in [-0.3, -0.25) is 20.0 Å². The zero-order valence-electron chi connectivity index (χ0n) is 14.1. The predicted octanol–water partition coefficient (Wildman–Crippen LogP) is 2.44. The van der Waals surface area contributed by atoms with E-state index >= 15 is 0 Å². The summed E-state index contributed by atoms with van der Waals surface area (Å²) in [6, 6.07) is 5.85. The summed E-state index contributed by atoms with van der Waals surface area (Å²) >= 11 is 0. The van der Waals surface area contributed by atoms with Crippen molar-refractivity contribution in [2.24, 2.45) is 0 Å². The molecule has 0 spiro atoms. The van der Waals surface area contributed by atoms with Gasteiger partial charge in [-0.25, -0.2) is 0 Å². The van der Waals surface area contributed by atoms with Gasteiger partial charge in [0.2, 0.25) is 0 Å². The van der Waals surface area contributed by atoms with Gasteiger partial charge in [-0.2, -0.15) is 0 Å². The van der Waals surface area contributed by atoms with Crippen molar-refractivity contribution in [2.45, 2.75) is 18.9 Å². The highest BCUT2D eigenvalue weighted by Crippen LogP contribution is 2.36. The highest BCUT2D eigenvalue weighted by Gasteiger charge is 2.29. The third-order valence-electron chi connectivity index (χ3n) is 5.23. The molecular weight excluding hydrogens is 320 g/mol. The molecule has 0 radical (unpaired) electrons. The smallest absolute Gasteiger partial charge is 0.278 e. The molecule has 3 heterocycles. The topological polar surface area (TPSA) is 71.7 Å². The second-order valence-corrected chi connectivity index (χ2v) is 6.68. The molecule has 0 saturated carbocycles. The summed E-state index contributed by atoms with van der Waals surface area (Å²) in [5.41, 5.74) is 1.20. The number of morpholine rings is 1. The zero-order valence-corrected chi connectivity index (χ0v) is 14.1. The molecule has 25 heavy (non-hydrogen) atoms. The average Bonchev–Trinajstić information content (AvgIpc) is 3.09. The molecule has 2 aliphatic rings. The third-order valence-corrected chi connectivity index (χ3v) is 5.23. The van der Waals surface area contributed by atoms with Gasteiger partial charge in [0, 0.05) is 61.8 Å². The van der Waals surface area contributed by atoms with E-state index in [4.69, 9.17) is 4.74 Å². The Labute approximate surface area is 146 Å². The number of ether oxygens (including phenoxy) is 1. The number of aromatic nitrogens is 1. The maximum Gasteiger partial charge on any atom is 0.278 e. The summed E-state index contributed by atoms with van der Waals surface area (Å²) in [4.78, 5) is 20.0. The lowest BCUT2D eigenvalue weighted by Gasteiger charge is -2.34. The molecule has 0 N–H and O–H groups in total. The normalized spacial score (nSPS) is 21.8. The van der Waals surface area contributed by atoms with E-state index in [9.17, 15) is 10.1 Å². The van der Waals surface area contributed by atoms with Crippen molar-refractivity contribution < 1.29 is 9.66 Å². The molecule has 4 rings (SSSR count). The SMILES string of the molecule is O=[N+]([O-])c1ccc(N2CCC[C@H]2CN2CCOCC2)c2ccncc12. The largest absolute Gasteiger partial charge is 0.379 e. The number of rotatable bonds is 4. The fourth-order valence-electron chi connectivity index (χ4n) is 3.99. The van der Waals surface area contributed by atoms with E-state index in [1.165, 1.54) is 0 Å². The number of nitro groups is 1. The Bertz CT molecular complexity index is 776. The van der Waals surface area contributed by atoms with Crippen molar-refractivity contribution in [2.75, 3.05) is 44.3 Å². The van der Waals surface area contributed by atoms with Gasteiger partial charge < -0.3 is 9.64 Å². The van der Waals surface area contributed by atoms with Crippen LogP contribution >= 0.6 is 0 Å². The van der Waals surface area contributed by atoms with Crippen LogP contribution in [0.15, 0.2) is 30.6 Å². The molecule has 0 unspecified atom stereocenters. The van der Waals surface area contributed by atoms with Crippen molar-refractivity contribution in [3.63, 3.8) is 0 Å². The number of pyridine rings is 1. The Kier molecular flexibility index (Phi) is 4.50. The molecular formula is C18H22N4O3. The fourth-order valence-corrected chi connectivity index (χ4v) is 3.99. The van der Waals surface area contributed by atoms with Gasteiger partial charge >= 0.3 is 0 Å². The van der Waals surface area contributed by atoms with E-state index in [1.54, 1.807) is 18.5 Å². The maximum absolute atomic E-state index is 11.3. The number of nitrogens with zero attached hydrogens (tertiary/aromatic N) is 4. The van der Waals surface area contributed by atoms with Crippen LogP contribution in [0.2, 0.25) is 0 Å². The van der Waals surface area contributed by atoms with Crippen molar-refractivity contribution in [3.8, 4) is 0 Å². The van der Waals surface area contributed by atoms with Crippen LogP contribution < -0.4 is 4.90 Å². The van der Waals surface area contributed by atoms with E-state index in [0.717, 1.165) is 63.3 Å². The minimum Gasteiger partial charge on any atom is -0.379 e. The van der Waals surface area contributed by atoms with Crippen LogP contribution in [-0.4, -0.2) is 60.2 Å². The summed E-state index contributed by atoms with van der Waals surface area (Å²) in [6.07, 6.45) is 5.62. The van der Waals surface area contributed by atoms with Crippen LogP contribution in [0.25, 0.3) is 10.8 Å². The number of fused-ring (bicyclic) bond motifs is 1. The number of hydrogen-bond donors (Lipinski definition) is 0. The van der Waals surface area contributed by atoms with Crippen LogP contribution in [0.5, 0.6) is 0 Å². The van der Waals surface area contributed by atoms with Gasteiger partial charge in [0.15, 0.2) is 0 Å². The summed E-state index contributed by atoms with van der Waals surface area (Å²) in [5.74, 6) is 0. The quantitative estimate of drug-likeness (QED) is 0.628. The van der Waals surface area contributed by atoms with E-state index in [2.05, 4.69) is 14.8 Å². The molecule has 0 bridgehead atoms. The third kappa shape index (κ3) is 3.17. The Morgan fingerprint density at radius 2 is 2.04 bits per heavy atom. The summed E-state index contributed by atoms with van der Waals surface area (Å²) in [5, 5.41) is 12.8. The lowest BCUT2D eigenvalue weighted by molar-refractivity contribution is -0.383. The van der Waals surface area contributed by atoms with Crippen LogP contribution in [-0.2, 0) is 4.74 Å². The molecule has 0 aliphatic carbocycles. The van der Waals surface area contributed by atoms with Crippen molar-refractivity contribution in [3.05, 3.63) is 40.7 Å². The summed E-state index contributed by atoms with van der Waals surface area (Å²) < 4.78 is 5.44. The molecule has 0 amide bonds.